The summed E-state index contributed by atoms with van der Waals surface area (Å²) in [5, 5.41) is 3.98. The zero-order valence-electron chi connectivity index (χ0n) is 18.2. The van der Waals surface area contributed by atoms with Gasteiger partial charge in [-0.05, 0) is 65.9 Å². The van der Waals surface area contributed by atoms with Crippen LogP contribution in [0.15, 0.2) is 77.9 Å². The highest BCUT2D eigenvalue weighted by Gasteiger charge is 2.03. The number of carbonyl (C=O) groups excluding carboxylic acids is 1. The first kappa shape index (κ1) is 22.1. The smallest absolute Gasteiger partial charge is 0.277 e. The fourth-order valence-corrected chi connectivity index (χ4v) is 2.81. The number of amides is 1. The molecule has 3 aromatic carbocycles. The van der Waals surface area contributed by atoms with Gasteiger partial charge in [-0.2, -0.15) is 5.10 Å². The van der Waals surface area contributed by atoms with Crippen LogP contribution < -0.4 is 14.9 Å². The Hall–Kier alpha value is -3.60. The predicted molar refractivity (Wildman–Crippen MR) is 124 cm³/mol. The number of rotatable bonds is 9. The fraction of sp³-hybridized carbons (Fsp3) is 0.231. The third kappa shape index (κ3) is 7.30. The fourth-order valence-electron chi connectivity index (χ4n) is 2.81. The van der Waals surface area contributed by atoms with Crippen molar-refractivity contribution in [2.24, 2.45) is 5.10 Å². The van der Waals surface area contributed by atoms with E-state index < -0.39 is 0 Å². The molecule has 3 aromatic rings. The van der Waals surface area contributed by atoms with Crippen LogP contribution in [0.4, 0.5) is 0 Å². The zero-order chi connectivity index (χ0) is 22.1. The summed E-state index contributed by atoms with van der Waals surface area (Å²) >= 11 is 0. The first-order chi connectivity index (χ1) is 15.0. The molecule has 0 atom stereocenters. The molecule has 0 aromatic heterocycles. The third-order valence-corrected chi connectivity index (χ3v) is 4.73. The van der Waals surface area contributed by atoms with E-state index in [-0.39, 0.29) is 12.5 Å². The molecule has 0 fully saturated rings. The van der Waals surface area contributed by atoms with E-state index >= 15 is 0 Å². The maximum atomic E-state index is 11.9. The molecule has 1 amide bonds. The number of ether oxygens (including phenoxy) is 2. The number of nitrogens with zero attached hydrogens (tertiary/aromatic N) is 1. The van der Waals surface area contributed by atoms with Crippen molar-refractivity contribution in [2.45, 2.75) is 33.3 Å². The number of hydrogen-bond donors (Lipinski definition) is 1. The average molecular weight is 417 g/mol. The number of aryl methyl sites for hydroxylation is 1. The van der Waals surface area contributed by atoms with Crippen LogP contribution in [0.2, 0.25) is 0 Å². The first-order valence-corrected chi connectivity index (χ1v) is 10.3. The number of hydrogen-bond acceptors (Lipinski definition) is 4. The number of hydrazone groups is 1. The zero-order valence-corrected chi connectivity index (χ0v) is 18.2. The molecule has 0 spiro atoms. The van der Waals surface area contributed by atoms with Gasteiger partial charge >= 0.3 is 0 Å². The molecule has 3 rings (SSSR count). The standard InChI is InChI=1S/C26H28N2O3/c1-19(2)23-10-14-25(15-11-23)31-18-26(29)28-27-16-21-8-12-24(13-9-21)30-17-22-6-4-20(3)5-7-22/h4-16,19H,17-18H2,1-3H3,(H,28,29)/b27-16-. The molecule has 0 saturated heterocycles. The van der Waals surface area contributed by atoms with Gasteiger partial charge in [-0.25, -0.2) is 5.43 Å². The van der Waals surface area contributed by atoms with Crippen molar-refractivity contribution in [1.82, 2.24) is 5.43 Å². The summed E-state index contributed by atoms with van der Waals surface area (Å²) in [7, 11) is 0. The quantitative estimate of drug-likeness (QED) is 0.384. The van der Waals surface area contributed by atoms with Crippen molar-refractivity contribution in [1.29, 1.82) is 0 Å². The minimum atomic E-state index is -0.317. The second-order valence-electron chi connectivity index (χ2n) is 7.65. The van der Waals surface area contributed by atoms with Crippen molar-refractivity contribution in [3.63, 3.8) is 0 Å². The van der Waals surface area contributed by atoms with Crippen molar-refractivity contribution < 1.29 is 14.3 Å². The van der Waals surface area contributed by atoms with Gasteiger partial charge in [0.05, 0.1) is 6.21 Å². The van der Waals surface area contributed by atoms with E-state index in [0.29, 0.717) is 18.3 Å². The third-order valence-electron chi connectivity index (χ3n) is 4.73. The summed E-state index contributed by atoms with van der Waals surface area (Å²) in [5.41, 5.74) is 6.91. The molecule has 0 radical (unpaired) electrons. The summed E-state index contributed by atoms with van der Waals surface area (Å²) in [6, 6.07) is 23.5. The number of carbonyl (C=O) groups is 1. The second-order valence-corrected chi connectivity index (χ2v) is 7.65. The summed E-state index contributed by atoms with van der Waals surface area (Å²) < 4.78 is 11.3. The second kappa shape index (κ2) is 11.0. The van der Waals surface area contributed by atoms with E-state index in [4.69, 9.17) is 9.47 Å². The molecule has 5 heteroatoms. The largest absolute Gasteiger partial charge is 0.489 e. The Kier molecular flexibility index (Phi) is 7.82. The Morgan fingerprint density at radius 1 is 0.903 bits per heavy atom. The van der Waals surface area contributed by atoms with Gasteiger partial charge < -0.3 is 9.47 Å². The van der Waals surface area contributed by atoms with Crippen molar-refractivity contribution in [3.05, 3.63) is 95.1 Å². The van der Waals surface area contributed by atoms with Gasteiger partial charge in [0.2, 0.25) is 0 Å². The Morgan fingerprint density at radius 3 is 2.16 bits per heavy atom. The van der Waals surface area contributed by atoms with Crippen molar-refractivity contribution in [3.8, 4) is 11.5 Å². The molecule has 1 N–H and O–H groups in total. The van der Waals surface area contributed by atoms with Crippen molar-refractivity contribution >= 4 is 12.1 Å². The van der Waals surface area contributed by atoms with Crippen LogP contribution in [0, 0.1) is 6.92 Å². The molecule has 0 heterocycles. The molecule has 31 heavy (non-hydrogen) atoms. The van der Waals surface area contributed by atoms with Crippen LogP contribution in [0.5, 0.6) is 11.5 Å². The maximum absolute atomic E-state index is 11.9. The first-order valence-electron chi connectivity index (χ1n) is 10.3. The lowest BCUT2D eigenvalue weighted by atomic mass is 10.0. The van der Waals surface area contributed by atoms with Gasteiger partial charge in [0.1, 0.15) is 18.1 Å². The number of benzene rings is 3. The Labute approximate surface area is 183 Å². The maximum Gasteiger partial charge on any atom is 0.277 e. The van der Waals surface area contributed by atoms with Crippen LogP contribution in [-0.4, -0.2) is 18.7 Å². The molecule has 0 bridgehead atoms. The van der Waals surface area contributed by atoms with Crippen LogP contribution in [-0.2, 0) is 11.4 Å². The van der Waals surface area contributed by atoms with E-state index in [9.17, 15) is 4.79 Å². The van der Waals surface area contributed by atoms with Crippen LogP contribution >= 0.6 is 0 Å². The monoisotopic (exact) mass is 416 g/mol. The highest BCUT2D eigenvalue weighted by molar-refractivity contribution is 5.83. The Balaban J connectivity index is 1.40. The lowest BCUT2D eigenvalue weighted by Gasteiger charge is -2.08. The minimum Gasteiger partial charge on any atom is -0.489 e. The highest BCUT2D eigenvalue weighted by Crippen LogP contribution is 2.18. The Bertz CT molecular complexity index is 992. The van der Waals surface area contributed by atoms with Gasteiger partial charge in [-0.15, -0.1) is 0 Å². The molecular weight excluding hydrogens is 388 g/mol. The molecule has 0 aliphatic rings. The molecule has 0 saturated carbocycles. The summed E-state index contributed by atoms with van der Waals surface area (Å²) in [5.74, 6) is 1.58. The molecule has 0 aliphatic carbocycles. The van der Waals surface area contributed by atoms with Gasteiger partial charge in [0.15, 0.2) is 6.61 Å². The van der Waals surface area contributed by atoms with Gasteiger partial charge in [0, 0.05) is 0 Å². The summed E-state index contributed by atoms with van der Waals surface area (Å²) in [4.78, 5) is 11.9. The van der Waals surface area contributed by atoms with E-state index in [2.05, 4.69) is 55.6 Å². The molecule has 5 nitrogen and oxygen atoms in total. The predicted octanol–water partition coefficient (Wildman–Crippen LogP) is 5.23. The van der Waals surface area contributed by atoms with E-state index in [1.165, 1.54) is 11.1 Å². The van der Waals surface area contributed by atoms with E-state index in [1.54, 1.807) is 6.21 Å². The van der Waals surface area contributed by atoms with Gasteiger partial charge in [0.25, 0.3) is 5.91 Å². The van der Waals surface area contributed by atoms with Gasteiger partial charge in [-0.3, -0.25) is 4.79 Å². The number of nitrogens with one attached hydrogen (secondary N) is 1. The average Bonchev–Trinajstić information content (AvgIpc) is 2.78. The van der Waals surface area contributed by atoms with Gasteiger partial charge in [-0.1, -0.05) is 55.8 Å². The Morgan fingerprint density at radius 2 is 1.52 bits per heavy atom. The lowest BCUT2D eigenvalue weighted by molar-refractivity contribution is -0.123. The van der Waals surface area contributed by atoms with Crippen LogP contribution in [0.3, 0.4) is 0 Å². The SMILES string of the molecule is Cc1ccc(COc2ccc(/C=N\NC(=O)COc3ccc(C(C)C)cc3)cc2)cc1. The molecule has 0 unspecified atom stereocenters. The van der Waals surface area contributed by atoms with E-state index in [0.717, 1.165) is 16.9 Å². The minimum absolute atomic E-state index is 0.0931. The summed E-state index contributed by atoms with van der Waals surface area (Å²) in [6.45, 7) is 6.75. The van der Waals surface area contributed by atoms with Crippen LogP contribution in [0.25, 0.3) is 0 Å². The topological polar surface area (TPSA) is 59.9 Å². The normalized spacial score (nSPS) is 11.0. The molecular formula is C26H28N2O3. The van der Waals surface area contributed by atoms with Crippen molar-refractivity contribution in [2.75, 3.05) is 6.61 Å². The molecule has 0 aliphatic heterocycles. The van der Waals surface area contributed by atoms with E-state index in [1.807, 2.05) is 48.5 Å². The molecule has 160 valence electrons. The summed E-state index contributed by atoms with van der Waals surface area (Å²) in [6.07, 6.45) is 1.58. The van der Waals surface area contributed by atoms with Crippen LogP contribution in [0.1, 0.15) is 42.0 Å². The lowest BCUT2D eigenvalue weighted by Crippen LogP contribution is -2.24. The highest BCUT2D eigenvalue weighted by atomic mass is 16.5.